The number of benzene rings is 2. The molecule has 1 amide bonds. The summed E-state index contributed by atoms with van der Waals surface area (Å²) in [6.45, 7) is 0.420. The van der Waals surface area contributed by atoms with Crippen LogP contribution < -0.4 is 11.1 Å². The average Bonchev–Trinajstić information content (AvgIpc) is 3.16. The van der Waals surface area contributed by atoms with E-state index in [0.29, 0.717) is 12.2 Å². The molecule has 2 aromatic carbocycles. The van der Waals surface area contributed by atoms with E-state index in [1.165, 1.54) is 19.2 Å². The van der Waals surface area contributed by atoms with Gasteiger partial charge in [-0.3, -0.25) is 9.59 Å². The fraction of sp³-hybridized carbons (Fsp3) is 0.273. The van der Waals surface area contributed by atoms with Gasteiger partial charge in [0.2, 0.25) is 0 Å². The van der Waals surface area contributed by atoms with Crippen molar-refractivity contribution in [3.05, 3.63) is 58.3 Å². The Morgan fingerprint density at radius 3 is 2.56 bits per heavy atom. The number of rotatable bonds is 9. The SMILES string of the molecule is COC(=O)[C@H](CCC(=O)CCn1cnc2ccc(N)cc21)NC(=O)c1c(Cl)cccc1Cl. The van der Waals surface area contributed by atoms with Crippen molar-refractivity contribution >= 4 is 57.6 Å². The van der Waals surface area contributed by atoms with E-state index in [0.717, 1.165) is 11.0 Å². The Hall–Kier alpha value is -3.10. The van der Waals surface area contributed by atoms with E-state index in [9.17, 15) is 14.4 Å². The Labute approximate surface area is 194 Å². The van der Waals surface area contributed by atoms with Gasteiger partial charge in [-0.2, -0.15) is 0 Å². The molecule has 0 saturated carbocycles. The highest BCUT2D eigenvalue weighted by molar-refractivity contribution is 6.39. The summed E-state index contributed by atoms with van der Waals surface area (Å²) in [6.07, 6.45) is 2.04. The summed E-state index contributed by atoms with van der Waals surface area (Å²) in [5.41, 5.74) is 8.13. The highest BCUT2D eigenvalue weighted by atomic mass is 35.5. The minimum absolute atomic E-state index is 0.0577. The van der Waals surface area contributed by atoms with Crippen LogP contribution in [0.25, 0.3) is 11.0 Å². The third-order valence-corrected chi connectivity index (χ3v) is 5.60. The molecular weight excluding hydrogens is 455 g/mol. The lowest BCUT2D eigenvalue weighted by Gasteiger charge is -2.17. The van der Waals surface area contributed by atoms with Crippen molar-refractivity contribution < 1.29 is 19.1 Å². The molecule has 1 atom stereocenters. The Bertz CT molecular complexity index is 1140. The van der Waals surface area contributed by atoms with Gasteiger partial charge in [-0.15, -0.1) is 0 Å². The molecule has 0 aliphatic rings. The Kier molecular flexibility index (Phi) is 7.71. The first-order valence-corrected chi connectivity index (χ1v) is 10.6. The van der Waals surface area contributed by atoms with Gasteiger partial charge in [-0.05, 0) is 36.8 Å². The summed E-state index contributed by atoms with van der Waals surface area (Å²) in [7, 11) is 1.21. The maximum Gasteiger partial charge on any atom is 0.328 e. The van der Waals surface area contributed by atoms with Crippen molar-refractivity contribution in [1.82, 2.24) is 14.9 Å². The predicted molar refractivity (Wildman–Crippen MR) is 123 cm³/mol. The zero-order valence-corrected chi connectivity index (χ0v) is 18.8. The maximum atomic E-state index is 12.6. The van der Waals surface area contributed by atoms with E-state index >= 15 is 0 Å². The largest absolute Gasteiger partial charge is 0.467 e. The van der Waals surface area contributed by atoms with Gasteiger partial charge >= 0.3 is 5.97 Å². The zero-order valence-electron chi connectivity index (χ0n) is 17.3. The van der Waals surface area contributed by atoms with Gasteiger partial charge in [-0.1, -0.05) is 29.3 Å². The number of amides is 1. The molecule has 0 radical (unpaired) electrons. The number of methoxy groups -OCH3 is 1. The molecule has 0 aliphatic heterocycles. The molecule has 1 aromatic heterocycles. The molecule has 0 unspecified atom stereocenters. The number of hydrogen-bond donors (Lipinski definition) is 2. The fourth-order valence-electron chi connectivity index (χ4n) is 3.26. The number of nitrogen functional groups attached to an aromatic ring is 1. The Morgan fingerprint density at radius 1 is 1.16 bits per heavy atom. The molecule has 3 aromatic rings. The number of Topliss-reactive ketones (excluding diaryl/α,β-unsaturated/α-hetero) is 1. The Morgan fingerprint density at radius 2 is 1.88 bits per heavy atom. The quantitative estimate of drug-likeness (QED) is 0.359. The van der Waals surface area contributed by atoms with Crippen molar-refractivity contribution in [3.8, 4) is 0 Å². The number of halogens is 2. The summed E-state index contributed by atoms with van der Waals surface area (Å²) in [5.74, 6) is -1.36. The van der Waals surface area contributed by atoms with Crippen LogP contribution >= 0.6 is 23.2 Å². The lowest BCUT2D eigenvalue weighted by molar-refractivity contribution is -0.143. The molecule has 0 aliphatic carbocycles. The third kappa shape index (κ3) is 5.57. The van der Waals surface area contributed by atoms with Gasteiger partial charge in [0.25, 0.3) is 5.91 Å². The average molecular weight is 477 g/mol. The number of ketones is 1. The molecule has 168 valence electrons. The molecule has 8 nitrogen and oxygen atoms in total. The summed E-state index contributed by atoms with van der Waals surface area (Å²) < 4.78 is 6.61. The van der Waals surface area contributed by atoms with Crippen LogP contribution in [-0.4, -0.2) is 40.4 Å². The number of carbonyl (C=O) groups is 3. The van der Waals surface area contributed by atoms with E-state index in [2.05, 4.69) is 10.3 Å². The van der Waals surface area contributed by atoms with Crippen LogP contribution in [0.4, 0.5) is 5.69 Å². The van der Waals surface area contributed by atoms with Gasteiger partial charge in [0.1, 0.15) is 11.8 Å². The number of carbonyl (C=O) groups excluding carboxylic acids is 3. The lowest BCUT2D eigenvalue weighted by Crippen LogP contribution is -2.42. The van der Waals surface area contributed by atoms with Crippen molar-refractivity contribution in [1.29, 1.82) is 0 Å². The van der Waals surface area contributed by atoms with Gasteiger partial charge in [-0.25, -0.2) is 9.78 Å². The molecule has 1 heterocycles. The first kappa shape index (κ1) is 23.6. The minimum atomic E-state index is -1.02. The molecule has 0 bridgehead atoms. The molecule has 10 heteroatoms. The second-order valence-electron chi connectivity index (χ2n) is 7.16. The van der Waals surface area contributed by atoms with Crippen LogP contribution in [0.3, 0.4) is 0 Å². The maximum absolute atomic E-state index is 12.6. The summed E-state index contributed by atoms with van der Waals surface area (Å²) in [4.78, 5) is 41.5. The molecule has 0 spiro atoms. The van der Waals surface area contributed by atoms with Crippen LogP contribution in [0.15, 0.2) is 42.7 Å². The van der Waals surface area contributed by atoms with E-state index in [1.807, 2.05) is 10.6 Å². The van der Waals surface area contributed by atoms with Gasteiger partial charge in [0.05, 0.1) is 40.1 Å². The number of anilines is 1. The number of ether oxygens (including phenoxy) is 1. The standard InChI is InChI=1S/C22H22Cl2N4O4/c1-32-22(31)18(27-21(30)20-15(23)3-2-4-16(20)24)8-6-14(29)9-10-28-12-26-17-7-5-13(25)11-19(17)28/h2-5,7,11-12,18H,6,8-10,25H2,1H3,(H,27,30)/t18-/m0/s1. The van der Waals surface area contributed by atoms with E-state index in [4.69, 9.17) is 33.7 Å². The fourth-order valence-corrected chi connectivity index (χ4v) is 3.83. The van der Waals surface area contributed by atoms with E-state index < -0.39 is 17.9 Å². The summed E-state index contributed by atoms with van der Waals surface area (Å²) >= 11 is 12.1. The number of imidazole rings is 1. The first-order chi connectivity index (χ1) is 15.3. The van der Waals surface area contributed by atoms with Crippen molar-refractivity contribution in [3.63, 3.8) is 0 Å². The topological polar surface area (TPSA) is 116 Å². The van der Waals surface area contributed by atoms with Crippen LogP contribution in [0, 0.1) is 0 Å². The lowest BCUT2D eigenvalue weighted by atomic mass is 10.1. The predicted octanol–water partition coefficient (Wildman–Crippen LogP) is 3.64. The summed E-state index contributed by atoms with van der Waals surface area (Å²) in [6, 6.07) is 9.02. The van der Waals surface area contributed by atoms with Crippen LogP contribution in [0.2, 0.25) is 10.0 Å². The highest BCUT2D eigenvalue weighted by Gasteiger charge is 2.25. The van der Waals surface area contributed by atoms with Crippen LogP contribution in [0.5, 0.6) is 0 Å². The number of esters is 1. The number of nitrogens with zero attached hydrogens (tertiary/aromatic N) is 2. The number of hydrogen-bond acceptors (Lipinski definition) is 6. The van der Waals surface area contributed by atoms with Crippen LogP contribution in [0.1, 0.15) is 29.6 Å². The normalized spacial score (nSPS) is 11.8. The van der Waals surface area contributed by atoms with Gasteiger partial charge in [0.15, 0.2) is 0 Å². The molecule has 32 heavy (non-hydrogen) atoms. The second-order valence-corrected chi connectivity index (χ2v) is 7.97. The second kappa shape index (κ2) is 10.5. The molecule has 3 N–H and O–H groups in total. The zero-order chi connectivity index (χ0) is 23.3. The van der Waals surface area contributed by atoms with Crippen molar-refractivity contribution in [2.24, 2.45) is 0 Å². The number of aryl methyl sites for hydroxylation is 1. The van der Waals surface area contributed by atoms with Crippen molar-refractivity contribution in [2.45, 2.75) is 31.8 Å². The smallest absolute Gasteiger partial charge is 0.328 e. The highest BCUT2D eigenvalue weighted by Crippen LogP contribution is 2.24. The monoisotopic (exact) mass is 476 g/mol. The molecule has 3 rings (SSSR count). The van der Waals surface area contributed by atoms with E-state index in [1.54, 1.807) is 24.5 Å². The number of nitrogens with two attached hydrogens (primary N) is 1. The Balaban J connectivity index is 1.60. The van der Waals surface area contributed by atoms with E-state index in [-0.39, 0.29) is 40.7 Å². The molecule has 0 saturated heterocycles. The van der Waals surface area contributed by atoms with Crippen LogP contribution in [-0.2, 0) is 20.9 Å². The van der Waals surface area contributed by atoms with Gasteiger partial charge < -0.3 is 20.4 Å². The molecule has 0 fully saturated rings. The number of aromatic nitrogens is 2. The van der Waals surface area contributed by atoms with Crippen molar-refractivity contribution in [2.75, 3.05) is 12.8 Å². The van der Waals surface area contributed by atoms with Gasteiger partial charge in [0, 0.05) is 25.1 Å². The number of nitrogens with one attached hydrogen (secondary N) is 1. The summed E-state index contributed by atoms with van der Waals surface area (Å²) in [5, 5.41) is 2.87. The molecular formula is C22H22Cl2N4O4. The number of fused-ring (bicyclic) bond motifs is 1. The minimum Gasteiger partial charge on any atom is -0.467 e. The third-order valence-electron chi connectivity index (χ3n) is 4.97. The first-order valence-electron chi connectivity index (χ1n) is 9.85.